The molecule has 0 bridgehead atoms. The molecule has 1 atom stereocenters. The van der Waals surface area contributed by atoms with Crippen molar-refractivity contribution in [3.05, 3.63) is 77.9 Å². The molecule has 7 nitrogen and oxygen atoms in total. The molecule has 0 radical (unpaired) electrons. The lowest BCUT2D eigenvalue weighted by molar-refractivity contribution is -0.139. The van der Waals surface area contributed by atoms with Gasteiger partial charge in [0.1, 0.15) is 23.9 Å². The SMILES string of the molecule is C=CCOc1cccc([C@H]2C(=C(O)c3ccc(OC)cc3)C(=O)C(=O)N2CCCN(C)C)c1. The first-order valence-electron chi connectivity index (χ1n) is 10.8. The quantitative estimate of drug-likeness (QED) is 0.258. The van der Waals surface area contributed by atoms with Crippen LogP contribution in [0.25, 0.3) is 5.76 Å². The molecule has 0 aromatic heterocycles. The van der Waals surface area contributed by atoms with Crippen molar-refractivity contribution >= 4 is 17.4 Å². The Bertz CT molecular complexity index is 1040. The standard InChI is InChI=1S/C26H30N2O5/c1-5-16-33-21-9-6-8-19(17-21)23-22(24(29)18-10-12-20(32-4)13-11-18)25(30)26(31)28(23)15-7-14-27(2)3/h5-6,8-13,17,23,29H,1,7,14-16H2,2-4H3/t23-/m0/s1. The predicted molar refractivity (Wildman–Crippen MR) is 127 cm³/mol. The molecule has 1 heterocycles. The van der Waals surface area contributed by atoms with Crippen LogP contribution in [0, 0.1) is 0 Å². The maximum Gasteiger partial charge on any atom is 0.295 e. The number of ketones is 1. The van der Waals surface area contributed by atoms with Crippen LogP contribution in [-0.2, 0) is 9.59 Å². The zero-order valence-electron chi connectivity index (χ0n) is 19.3. The number of likely N-dealkylation sites (tertiary alicyclic amines) is 1. The highest BCUT2D eigenvalue weighted by Gasteiger charge is 2.45. The fourth-order valence-corrected chi connectivity index (χ4v) is 3.85. The summed E-state index contributed by atoms with van der Waals surface area (Å²) in [6.45, 7) is 5.13. The van der Waals surface area contributed by atoms with Gasteiger partial charge in [-0.25, -0.2) is 0 Å². The van der Waals surface area contributed by atoms with Gasteiger partial charge in [0.05, 0.1) is 18.7 Å². The van der Waals surface area contributed by atoms with E-state index in [-0.39, 0.29) is 11.3 Å². The lowest BCUT2D eigenvalue weighted by Gasteiger charge is -2.26. The molecule has 1 amide bonds. The van der Waals surface area contributed by atoms with Gasteiger partial charge in [0.2, 0.25) is 0 Å². The number of rotatable bonds is 10. The fraction of sp³-hybridized carbons (Fsp3) is 0.308. The average Bonchev–Trinajstić information content (AvgIpc) is 3.07. The maximum absolute atomic E-state index is 13.1. The van der Waals surface area contributed by atoms with Gasteiger partial charge in [-0.1, -0.05) is 24.8 Å². The van der Waals surface area contributed by atoms with Crippen molar-refractivity contribution < 1.29 is 24.2 Å². The molecule has 0 unspecified atom stereocenters. The summed E-state index contributed by atoms with van der Waals surface area (Å²) in [6.07, 6.45) is 2.33. The summed E-state index contributed by atoms with van der Waals surface area (Å²) in [7, 11) is 5.46. The van der Waals surface area contributed by atoms with Crippen molar-refractivity contribution in [3.63, 3.8) is 0 Å². The number of aliphatic hydroxyl groups excluding tert-OH is 1. The number of benzene rings is 2. The van der Waals surface area contributed by atoms with E-state index in [4.69, 9.17) is 9.47 Å². The van der Waals surface area contributed by atoms with Crippen LogP contribution >= 0.6 is 0 Å². The monoisotopic (exact) mass is 450 g/mol. The van der Waals surface area contributed by atoms with Gasteiger partial charge in [-0.05, 0) is 69.0 Å². The summed E-state index contributed by atoms with van der Waals surface area (Å²) in [5, 5.41) is 11.1. The Kier molecular flexibility index (Phi) is 7.90. The number of hydrogen-bond donors (Lipinski definition) is 1. The summed E-state index contributed by atoms with van der Waals surface area (Å²) < 4.78 is 10.8. The number of carbonyl (C=O) groups excluding carboxylic acids is 2. The van der Waals surface area contributed by atoms with E-state index in [1.807, 2.05) is 25.1 Å². The topological polar surface area (TPSA) is 79.3 Å². The largest absolute Gasteiger partial charge is 0.507 e. The van der Waals surface area contributed by atoms with Gasteiger partial charge in [-0.2, -0.15) is 0 Å². The van der Waals surface area contributed by atoms with E-state index in [9.17, 15) is 14.7 Å². The van der Waals surface area contributed by atoms with Crippen molar-refractivity contribution in [3.8, 4) is 11.5 Å². The van der Waals surface area contributed by atoms with Crippen molar-refractivity contribution in [2.24, 2.45) is 0 Å². The number of methoxy groups -OCH3 is 1. The van der Waals surface area contributed by atoms with Crippen LogP contribution in [0.15, 0.2) is 66.8 Å². The minimum Gasteiger partial charge on any atom is -0.507 e. The smallest absolute Gasteiger partial charge is 0.295 e. The summed E-state index contributed by atoms with van der Waals surface area (Å²) in [6, 6.07) is 13.2. The van der Waals surface area contributed by atoms with E-state index in [1.54, 1.807) is 55.7 Å². The molecular weight excluding hydrogens is 420 g/mol. The van der Waals surface area contributed by atoms with Gasteiger partial charge < -0.3 is 24.4 Å². The van der Waals surface area contributed by atoms with E-state index in [1.165, 1.54) is 4.90 Å². The minimum absolute atomic E-state index is 0.0656. The minimum atomic E-state index is -0.721. The van der Waals surface area contributed by atoms with Crippen LogP contribution < -0.4 is 9.47 Å². The van der Waals surface area contributed by atoms with E-state index in [0.29, 0.717) is 42.2 Å². The lowest BCUT2D eigenvalue weighted by Crippen LogP contribution is -2.32. The Morgan fingerprint density at radius 1 is 1.15 bits per heavy atom. The van der Waals surface area contributed by atoms with Crippen LogP contribution in [0.1, 0.15) is 23.6 Å². The number of ether oxygens (including phenoxy) is 2. The second-order valence-corrected chi connectivity index (χ2v) is 8.05. The number of aliphatic hydroxyl groups is 1. The first-order valence-corrected chi connectivity index (χ1v) is 10.8. The van der Waals surface area contributed by atoms with Crippen molar-refractivity contribution in [1.82, 2.24) is 9.80 Å². The van der Waals surface area contributed by atoms with Crippen LogP contribution in [0.3, 0.4) is 0 Å². The molecule has 2 aromatic carbocycles. The molecule has 174 valence electrons. The average molecular weight is 451 g/mol. The van der Waals surface area contributed by atoms with Crippen molar-refractivity contribution in [2.75, 3.05) is 40.9 Å². The third-order valence-corrected chi connectivity index (χ3v) is 5.45. The third kappa shape index (κ3) is 5.43. The molecule has 1 N–H and O–H groups in total. The molecule has 33 heavy (non-hydrogen) atoms. The second kappa shape index (κ2) is 10.8. The van der Waals surface area contributed by atoms with Gasteiger partial charge in [0.25, 0.3) is 11.7 Å². The summed E-state index contributed by atoms with van der Waals surface area (Å²) >= 11 is 0. The third-order valence-electron chi connectivity index (χ3n) is 5.45. The fourth-order valence-electron chi connectivity index (χ4n) is 3.85. The van der Waals surface area contributed by atoms with Crippen LogP contribution in [0.4, 0.5) is 0 Å². The highest BCUT2D eigenvalue weighted by atomic mass is 16.5. The molecule has 1 aliphatic rings. The first-order chi connectivity index (χ1) is 15.9. The van der Waals surface area contributed by atoms with Gasteiger partial charge in [0, 0.05) is 12.1 Å². The zero-order chi connectivity index (χ0) is 24.0. The Hall–Kier alpha value is -3.58. The molecule has 2 aromatic rings. The number of Topliss-reactive ketones (excluding diaryl/α,β-unsaturated/α-hetero) is 1. The van der Waals surface area contributed by atoms with Crippen LogP contribution in [0.5, 0.6) is 11.5 Å². The summed E-state index contributed by atoms with van der Waals surface area (Å²) in [4.78, 5) is 29.7. The molecule has 1 aliphatic heterocycles. The van der Waals surface area contributed by atoms with Crippen LogP contribution in [-0.4, -0.2) is 67.5 Å². The Morgan fingerprint density at radius 3 is 2.52 bits per heavy atom. The van der Waals surface area contributed by atoms with E-state index < -0.39 is 17.7 Å². The zero-order valence-corrected chi connectivity index (χ0v) is 19.3. The highest BCUT2D eigenvalue weighted by molar-refractivity contribution is 6.46. The van der Waals surface area contributed by atoms with Crippen LogP contribution in [0.2, 0.25) is 0 Å². The first kappa shape index (κ1) is 24.1. The molecule has 1 saturated heterocycles. The lowest BCUT2D eigenvalue weighted by atomic mass is 9.95. The maximum atomic E-state index is 13.1. The summed E-state index contributed by atoms with van der Waals surface area (Å²) in [5.74, 6) is -0.314. The van der Waals surface area contributed by atoms with Gasteiger partial charge in [-0.3, -0.25) is 9.59 Å². The van der Waals surface area contributed by atoms with Gasteiger partial charge in [0.15, 0.2) is 0 Å². The Labute approximate surface area is 194 Å². The second-order valence-electron chi connectivity index (χ2n) is 8.05. The number of carbonyl (C=O) groups is 2. The number of nitrogens with zero attached hydrogens (tertiary/aromatic N) is 2. The molecule has 0 saturated carbocycles. The normalized spacial score (nSPS) is 17.5. The van der Waals surface area contributed by atoms with Gasteiger partial charge in [-0.15, -0.1) is 0 Å². The molecule has 3 rings (SSSR count). The predicted octanol–water partition coefficient (Wildman–Crippen LogP) is 3.63. The number of hydrogen-bond acceptors (Lipinski definition) is 6. The molecule has 0 aliphatic carbocycles. The van der Waals surface area contributed by atoms with E-state index in [0.717, 1.165) is 6.54 Å². The Morgan fingerprint density at radius 2 is 1.88 bits per heavy atom. The Balaban J connectivity index is 2.08. The molecule has 7 heteroatoms. The highest BCUT2D eigenvalue weighted by Crippen LogP contribution is 2.40. The van der Waals surface area contributed by atoms with Gasteiger partial charge >= 0.3 is 0 Å². The molecular formula is C26H30N2O5. The van der Waals surface area contributed by atoms with Crippen molar-refractivity contribution in [1.29, 1.82) is 0 Å². The van der Waals surface area contributed by atoms with E-state index >= 15 is 0 Å². The van der Waals surface area contributed by atoms with E-state index in [2.05, 4.69) is 6.58 Å². The number of amides is 1. The molecule has 1 fully saturated rings. The van der Waals surface area contributed by atoms with Crippen molar-refractivity contribution in [2.45, 2.75) is 12.5 Å². The summed E-state index contributed by atoms with van der Waals surface area (Å²) in [5.41, 5.74) is 1.19. The molecule has 0 spiro atoms.